The van der Waals surface area contributed by atoms with E-state index in [0.29, 0.717) is 31.1 Å². The van der Waals surface area contributed by atoms with Crippen molar-refractivity contribution in [1.29, 1.82) is 0 Å². The van der Waals surface area contributed by atoms with Crippen LogP contribution in [0.2, 0.25) is 0 Å². The second kappa shape index (κ2) is 7.10. The van der Waals surface area contributed by atoms with Gasteiger partial charge in [0.25, 0.3) is 0 Å². The molecule has 4 nitrogen and oxygen atoms in total. The Kier molecular flexibility index (Phi) is 6.09. The summed E-state index contributed by atoms with van der Waals surface area (Å²) < 4.78 is 0. The third-order valence-corrected chi connectivity index (χ3v) is 4.37. The van der Waals surface area contributed by atoms with E-state index in [1.54, 1.807) is 0 Å². The number of rotatable bonds is 6. The predicted octanol–water partition coefficient (Wildman–Crippen LogP) is 1.34. The van der Waals surface area contributed by atoms with Crippen molar-refractivity contribution in [1.82, 2.24) is 4.90 Å². The normalized spacial score (nSPS) is 28.9. The van der Waals surface area contributed by atoms with Gasteiger partial charge in [-0.1, -0.05) is 19.8 Å². The number of carbonyl (C=O) groups is 1. The number of primary amides is 1. The maximum Gasteiger partial charge on any atom is 0.231 e. The third kappa shape index (κ3) is 3.95. The Bertz CT molecular complexity index is 268. The number of nitrogens with two attached hydrogens (primary N) is 2. The number of nitrogens with zero attached hydrogens (tertiary/aromatic N) is 1. The molecule has 3 unspecified atom stereocenters. The van der Waals surface area contributed by atoms with Gasteiger partial charge in [-0.25, -0.2) is 0 Å². The Morgan fingerprint density at radius 1 is 1.39 bits per heavy atom. The van der Waals surface area contributed by atoms with Crippen molar-refractivity contribution in [3.63, 3.8) is 0 Å². The zero-order valence-electron chi connectivity index (χ0n) is 12.1. The standard InChI is InChI=1S/C14H29N3O/c1-4-11-5-6-12(8-15)13(7-11)17(10(2)3)9-14(16)18/h10-13H,4-9,15H2,1-3H3,(H2,16,18). The first-order chi connectivity index (χ1) is 8.49. The quantitative estimate of drug-likeness (QED) is 0.752. The fourth-order valence-electron chi connectivity index (χ4n) is 3.21. The summed E-state index contributed by atoms with van der Waals surface area (Å²) in [7, 11) is 0. The monoisotopic (exact) mass is 255 g/mol. The largest absolute Gasteiger partial charge is 0.369 e. The molecule has 106 valence electrons. The van der Waals surface area contributed by atoms with E-state index in [9.17, 15) is 4.79 Å². The molecule has 0 aromatic carbocycles. The van der Waals surface area contributed by atoms with Crippen LogP contribution in [0.5, 0.6) is 0 Å². The lowest BCUT2D eigenvalue weighted by Crippen LogP contribution is -2.52. The summed E-state index contributed by atoms with van der Waals surface area (Å²) in [5.41, 5.74) is 11.3. The van der Waals surface area contributed by atoms with Crippen molar-refractivity contribution < 1.29 is 4.79 Å². The van der Waals surface area contributed by atoms with Crippen LogP contribution in [-0.2, 0) is 4.79 Å². The summed E-state index contributed by atoms with van der Waals surface area (Å²) >= 11 is 0. The number of amides is 1. The summed E-state index contributed by atoms with van der Waals surface area (Å²) in [4.78, 5) is 13.5. The molecule has 0 aromatic heterocycles. The molecule has 1 aliphatic carbocycles. The molecular formula is C14H29N3O. The summed E-state index contributed by atoms with van der Waals surface area (Å²) in [5.74, 6) is 1.04. The van der Waals surface area contributed by atoms with Gasteiger partial charge < -0.3 is 11.5 Å². The zero-order valence-corrected chi connectivity index (χ0v) is 12.1. The van der Waals surface area contributed by atoms with Crippen LogP contribution in [0, 0.1) is 11.8 Å². The average molecular weight is 255 g/mol. The van der Waals surface area contributed by atoms with E-state index in [1.807, 2.05) is 0 Å². The van der Waals surface area contributed by atoms with Crippen molar-refractivity contribution in [2.45, 2.75) is 58.5 Å². The Balaban J connectivity index is 2.79. The van der Waals surface area contributed by atoms with Crippen molar-refractivity contribution in [2.75, 3.05) is 13.1 Å². The molecule has 0 aliphatic heterocycles. The van der Waals surface area contributed by atoms with E-state index in [-0.39, 0.29) is 5.91 Å². The Morgan fingerprint density at radius 2 is 2.06 bits per heavy atom. The van der Waals surface area contributed by atoms with Crippen LogP contribution in [0.3, 0.4) is 0 Å². The summed E-state index contributed by atoms with van der Waals surface area (Å²) in [6.45, 7) is 7.58. The molecule has 1 rings (SSSR count). The fraction of sp³-hybridized carbons (Fsp3) is 0.929. The number of hydrogen-bond donors (Lipinski definition) is 2. The third-order valence-electron chi connectivity index (χ3n) is 4.37. The molecule has 0 bridgehead atoms. The van der Waals surface area contributed by atoms with Crippen LogP contribution in [-0.4, -0.2) is 36.0 Å². The molecule has 18 heavy (non-hydrogen) atoms. The second-order valence-corrected chi connectivity index (χ2v) is 5.88. The smallest absolute Gasteiger partial charge is 0.231 e. The zero-order chi connectivity index (χ0) is 13.7. The van der Waals surface area contributed by atoms with Crippen molar-refractivity contribution in [2.24, 2.45) is 23.3 Å². The number of hydrogen-bond acceptors (Lipinski definition) is 3. The van der Waals surface area contributed by atoms with E-state index in [1.165, 1.54) is 19.3 Å². The summed E-state index contributed by atoms with van der Waals surface area (Å²) in [6.07, 6.45) is 4.83. The molecule has 0 spiro atoms. The maximum absolute atomic E-state index is 11.3. The van der Waals surface area contributed by atoms with Crippen LogP contribution < -0.4 is 11.5 Å². The SMILES string of the molecule is CCC1CCC(CN)C(N(CC(N)=O)C(C)C)C1. The minimum Gasteiger partial charge on any atom is -0.369 e. The van der Waals surface area contributed by atoms with E-state index >= 15 is 0 Å². The summed E-state index contributed by atoms with van der Waals surface area (Å²) in [5, 5.41) is 0. The maximum atomic E-state index is 11.3. The minimum atomic E-state index is -0.238. The van der Waals surface area contributed by atoms with Gasteiger partial charge >= 0.3 is 0 Å². The molecule has 0 aromatic rings. The Hall–Kier alpha value is -0.610. The Labute approximate surface area is 111 Å². The van der Waals surface area contributed by atoms with E-state index in [2.05, 4.69) is 25.7 Å². The highest BCUT2D eigenvalue weighted by Gasteiger charge is 2.34. The van der Waals surface area contributed by atoms with Gasteiger partial charge in [-0.2, -0.15) is 0 Å². The molecule has 1 fully saturated rings. The van der Waals surface area contributed by atoms with Crippen LogP contribution in [0.25, 0.3) is 0 Å². The molecule has 1 amide bonds. The van der Waals surface area contributed by atoms with Crippen LogP contribution >= 0.6 is 0 Å². The van der Waals surface area contributed by atoms with Crippen molar-refractivity contribution >= 4 is 5.91 Å². The van der Waals surface area contributed by atoms with Crippen molar-refractivity contribution in [3.05, 3.63) is 0 Å². The highest BCUT2D eigenvalue weighted by molar-refractivity contribution is 5.76. The van der Waals surface area contributed by atoms with Gasteiger partial charge in [-0.15, -0.1) is 0 Å². The van der Waals surface area contributed by atoms with Gasteiger partial charge in [0, 0.05) is 12.1 Å². The molecule has 0 heterocycles. The first-order valence-corrected chi connectivity index (χ1v) is 7.23. The van der Waals surface area contributed by atoms with Gasteiger partial charge in [0.05, 0.1) is 6.54 Å². The van der Waals surface area contributed by atoms with E-state index < -0.39 is 0 Å². The van der Waals surface area contributed by atoms with E-state index in [0.717, 1.165) is 12.3 Å². The first-order valence-electron chi connectivity index (χ1n) is 7.23. The highest BCUT2D eigenvalue weighted by atomic mass is 16.1. The van der Waals surface area contributed by atoms with Crippen LogP contribution in [0.4, 0.5) is 0 Å². The fourth-order valence-corrected chi connectivity index (χ4v) is 3.21. The summed E-state index contributed by atoms with van der Waals surface area (Å²) in [6, 6.07) is 0.758. The molecule has 0 saturated heterocycles. The molecule has 3 atom stereocenters. The van der Waals surface area contributed by atoms with Crippen LogP contribution in [0.1, 0.15) is 46.5 Å². The van der Waals surface area contributed by atoms with Crippen molar-refractivity contribution in [3.8, 4) is 0 Å². The van der Waals surface area contributed by atoms with Crippen LogP contribution in [0.15, 0.2) is 0 Å². The number of carbonyl (C=O) groups excluding carboxylic acids is 1. The van der Waals surface area contributed by atoms with Gasteiger partial charge in [-0.3, -0.25) is 9.69 Å². The van der Waals surface area contributed by atoms with E-state index in [4.69, 9.17) is 11.5 Å². The lowest BCUT2D eigenvalue weighted by atomic mass is 9.76. The topological polar surface area (TPSA) is 72.3 Å². The lowest BCUT2D eigenvalue weighted by Gasteiger charge is -2.44. The second-order valence-electron chi connectivity index (χ2n) is 5.88. The van der Waals surface area contributed by atoms with Gasteiger partial charge in [0.15, 0.2) is 0 Å². The first kappa shape index (κ1) is 15.4. The molecule has 4 heteroatoms. The molecule has 1 saturated carbocycles. The molecule has 4 N–H and O–H groups in total. The minimum absolute atomic E-state index is 0.238. The Morgan fingerprint density at radius 3 is 2.50 bits per heavy atom. The molecule has 1 aliphatic rings. The van der Waals surface area contributed by atoms with Gasteiger partial charge in [0.2, 0.25) is 5.91 Å². The van der Waals surface area contributed by atoms with Gasteiger partial charge in [0.1, 0.15) is 0 Å². The molecular weight excluding hydrogens is 226 g/mol. The predicted molar refractivity (Wildman–Crippen MR) is 75.0 cm³/mol. The lowest BCUT2D eigenvalue weighted by molar-refractivity contribution is -0.121. The van der Waals surface area contributed by atoms with Gasteiger partial charge in [-0.05, 0) is 45.1 Å². The highest BCUT2D eigenvalue weighted by Crippen LogP contribution is 2.34. The average Bonchev–Trinajstić information content (AvgIpc) is 2.34. The molecule has 0 radical (unpaired) electrons.